The molecule has 0 bridgehead atoms. The van der Waals surface area contributed by atoms with Crippen LogP contribution in [0.4, 0.5) is 5.69 Å². The predicted octanol–water partition coefficient (Wildman–Crippen LogP) is 6.24. The molecule has 3 rings (SSSR count). The van der Waals surface area contributed by atoms with Gasteiger partial charge >= 0.3 is 5.97 Å². The lowest BCUT2D eigenvalue weighted by atomic mass is 10.2. The number of hydrogen-bond acceptors (Lipinski definition) is 3. The van der Waals surface area contributed by atoms with Crippen LogP contribution in [0, 0.1) is 0 Å². The van der Waals surface area contributed by atoms with Crippen molar-refractivity contribution in [3.8, 4) is 5.75 Å². The number of carboxylic acids is 1. The first-order valence-electron chi connectivity index (χ1n) is 8.05. The SMILES string of the molecule is O=C(O)c1cccc(N=Cc2ccc(OCc3ccc(Br)cc3Br)cc2)c1. The van der Waals surface area contributed by atoms with Gasteiger partial charge in [0.1, 0.15) is 12.4 Å². The third kappa shape index (κ3) is 5.52. The van der Waals surface area contributed by atoms with E-state index in [1.54, 1.807) is 18.3 Å². The summed E-state index contributed by atoms with van der Waals surface area (Å²) >= 11 is 6.96. The molecular formula is C21H15Br2NO3. The zero-order valence-corrected chi connectivity index (χ0v) is 17.3. The molecule has 0 atom stereocenters. The lowest BCUT2D eigenvalue weighted by Gasteiger charge is -2.08. The number of benzene rings is 3. The fraction of sp³-hybridized carbons (Fsp3) is 0.0476. The van der Waals surface area contributed by atoms with Gasteiger partial charge in [0, 0.05) is 20.7 Å². The minimum atomic E-state index is -0.967. The molecule has 0 unspecified atom stereocenters. The minimum Gasteiger partial charge on any atom is -0.489 e. The molecule has 0 aromatic heterocycles. The highest BCUT2D eigenvalue weighted by Gasteiger charge is 2.03. The topological polar surface area (TPSA) is 58.9 Å². The first-order chi connectivity index (χ1) is 13.0. The van der Waals surface area contributed by atoms with Crippen molar-refractivity contribution in [1.82, 2.24) is 0 Å². The number of rotatable bonds is 6. The van der Waals surface area contributed by atoms with Gasteiger partial charge in [-0.1, -0.05) is 44.0 Å². The van der Waals surface area contributed by atoms with Crippen LogP contribution in [0.1, 0.15) is 21.5 Å². The van der Waals surface area contributed by atoms with Crippen molar-refractivity contribution in [3.63, 3.8) is 0 Å². The van der Waals surface area contributed by atoms with Gasteiger partial charge in [0.05, 0.1) is 11.3 Å². The number of nitrogens with zero attached hydrogens (tertiary/aromatic N) is 1. The van der Waals surface area contributed by atoms with Crippen molar-refractivity contribution in [1.29, 1.82) is 0 Å². The molecule has 6 heteroatoms. The monoisotopic (exact) mass is 487 g/mol. The Morgan fingerprint density at radius 1 is 1.04 bits per heavy atom. The molecule has 0 saturated carbocycles. The van der Waals surface area contributed by atoms with Gasteiger partial charge in [-0.25, -0.2) is 4.79 Å². The third-order valence-electron chi connectivity index (χ3n) is 3.75. The Balaban J connectivity index is 1.63. The summed E-state index contributed by atoms with van der Waals surface area (Å²) in [5.74, 6) is -0.208. The molecule has 0 aliphatic heterocycles. The van der Waals surface area contributed by atoms with Gasteiger partial charge in [-0.2, -0.15) is 0 Å². The smallest absolute Gasteiger partial charge is 0.335 e. The van der Waals surface area contributed by atoms with Crippen LogP contribution >= 0.6 is 31.9 Å². The highest BCUT2D eigenvalue weighted by atomic mass is 79.9. The Morgan fingerprint density at radius 3 is 2.52 bits per heavy atom. The Kier molecular flexibility index (Phi) is 6.42. The van der Waals surface area contributed by atoms with Crippen LogP contribution in [-0.4, -0.2) is 17.3 Å². The zero-order chi connectivity index (χ0) is 19.2. The maximum absolute atomic E-state index is 11.0. The molecule has 136 valence electrons. The van der Waals surface area contributed by atoms with Crippen LogP contribution in [0.15, 0.2) is 80.7 Å². The quantitative estimate of drug-likeness (QED) is 0.418. The van der Waals surface area contributed by atoms with Crippen molar-refractivity contribution >= 4 is 49.7 Å². The van der Waals surface area contributed by atoms with Crippen molar-refractivity contribution in [2.45, 2.75) is 6.61 Å². The van der Waals surface area contributed by atoms with Gasteiger partial charge < -0.3 is 9.84 Å². The molecule has 1 N–H and O–H groups in total. The van der Waals surface area contributed by atoms with Crippen molar-refractivity contribution < 1.29 is 14.6 Å². The lowest BCUT2D eigenvalue weighted by Crippen LogP contribution is -1.96. The van der Waals surface area contributed by atoms with E-state index < -0.39 is 5.97 Å². The number of hydrogen-bond donors (Lipinski definition) is 1. The highest BCUT2D eigenvalue weighted by molar-refractivity contribution is 9.11. The van der Waals surface area contributed by atoms with Gasteiger partial charge in [-0.15, -0.1) is 0 Å². The van der Waals surface area contributed by atoms with E-state index in [4.69, 9.17) is 9.84 Å². The molecule has 0 saturated heterocycles. The van der Waals surface area contributed by atoms with Gasteiger partial charge in [0.25, 0.3) is 0 Å². The summed E-state index contributed by atoms with van der Waals surface area (Å²) < 4.78 is 7.82. The molecule has 0 aliphatic carbocycles. The second-order valence-electron chi connectivity index (χ2n) is 5.71. The Hall–Kier alpha value is -2.44. The number of aliphatic imine (C=N–C) groups is 1. The molecule has 0 amide bonds. The summed E-state index contributed by atoms with van der Waals surface area (Å²) in [6.45, 7) is 0.462. The van der Waals surface area contributed by atoms with Crippen molar-refractivity contribution in [3.05, 3.63) is 92.4 Å². The first-order valence-corrected chi connectivity index (χ1v) is 9.64. The summed E-state index contributed by atoms with van der Waals surface area (Å²) in [5.41, 5.74) is 2.76. The Labute approximate surface area is 173 Å². The third-order valence-corrected chi connectivity index (χ3v) is 4.98. The second-order valence-corrected chi connectivity index (χ2v) is 7.48. The van der Waals surface area contributed by atoms with E-state index in [-0.39, 0.29) is 5.56 Å². The van der Waals surface area contributed by atoms with Crippen LogP contribution < -0.4 is 4.74 Å². The molecule has 0 aliphatic rings. The van der Waals surface area contributed by atoms with Crippen LogP contribution in [0.2, 0.25) is 0 Å². The standard InChI is InChI=1S/C21H15Br2NO3/c22-17-7-6-16(20(23)11-17)13-27-19-8-4-14(5-9-19)12-24-18-3-1-2-15(10-18)21(25)26/h1-12H,13H2,(H,25,26). The maximum Gasteiger partial charge on any atom is 0.335 e. The van der Waals surface area contributed by atoms with Crippen molar-refractivity contribution in [2.24, 2.45) is 4.99 Å². The van der Waals surface area contributed by atoms with Gasteiger partial charge in [0.2, 0.25) is 0 Å². The van der Waals surface area contributed by atoms with Crippen LogP contribution in [0.5, 0.6) is 5.75 Å². The zero-order valence-electron chi connectivity index (χ0n) is 14.1. The average molecular weight is 489 g/mol. The van der Waals surface area contributed by atoms with E-state index >= 15 is 0 Å². The lowest BCUT2D eigenvalue weighted by molar-refractivity contribution is 0.0697. The molecule has 4 nitrogen and oxygen atoms in total. The fourth-order valence-electron chi connectivity index (χ4n) is 2.32. The van der Waals surface area contributed by atoms with Gasteiger partial charge in [-0.05, 0) is 60.2 Å². The number of halogens is 2. The summed E-state index contributed by atoms with van der Waals surface area (Å²) in [4.78, 5) is 15.3. The second kappa shape index (κ2) is 8.97. The highest BCUT2D eigenvalue weighted by Crippen LogP contribution is 2.23. The maximum atomic E-state index is 11.0. The number of aromatic carboxylic acids is 1. The summed E-state index contributed by atoms with van der Waals surface area (Å²) in [5, 5.41) is 9.02. The molecule has 3 aromatic rings. The molecule has 0 spiro atoms. The molecule has 0 fully saturated rings. The minimum absolute atomic E-state index is 0.215. The number of carbonyl (C=O) groups is 1. The van der Waals surface area contributed by atoms with E-state index in [0.717, 1.165) is 25.8 Å². The van der Waals surface area contributed by atoms with E-state index in [2.05, 4.69) is 36.9 Å². The van der Waals surface area contributed by atoms with Gasteiger partial charge in [-0.3, -0.25) is 4.99 Å². The molecular weight excluding hydrogens is 474 g/mol. The Bertz CT molecular complexity index is 985. The first kappa shape index (κ1) is 19.3. The molecule has 3 aromatic carbocycles. The number of carboxylic acid groups (broad SMARTS) is 1. The van der Waals surface area contributed by atoms with Crippen LogP contribution in [0.3, 0.4) is 0 Å². The van der Waals surface area contributed by atoms with Crippen LogP contribution in [0.25, 0.3) is 0 Å². The van der Waals surface area contributed by atoms with E-state index in [0.29, 0.717) is 12.3 Å². The fourth-order valence-corrected chi connectivity index (χ4v) is 3.48. The summed E-state index contributed by atoms with van der Waals surface area (Å²) in [6, 6.07) is 20.0. The normalized spacial score (nSPS) is 10.9. The molecule has 27 heavy (non-hydrogen) atoms. The number of ether oxygens (including phenoxy) is 1. The molecule has 0 radical (unpaired) electrons. The van der Waals surface area contributed by atoms with E-state index in [9.17, 15) is 4.79 Å². The van der Waals surface area contributed by atoms with E-state index in [1.165, 1.54) is 12.1 Å². The van der Waals surface area contributed by atoms with Gasteiger partial charge in [0.15, 0.2) is 0 Å². The summed E-state index contributed by atoms with van der Waals surface area (Å²) in [7, 11) is 0. The molecule has 0 heterocycles. The van der Waals surface area contributed by atoms with Crippen LogP contribution in [-0.2, 0) is 6.61 Å². The average Bonchev–Trinajstić information content (AvgIpc) is 2.67. The van der Waals surface area contributed by atoms with Crippen molar-refractivity contribution in [2.75, 3.05) is 0 Å². The Morgan fingerprint density at radius 2 is 1.81 bits per heavy atom. The summed E-state index contributed by atoms with van der Waals surface area (Å²) in [6.07, 6.45) is 1.69. The van der Waals surface area contributed by atoms with E-state index in [1.807, 2.05) is 42.5 Å². The predicted molar refractivity (Wildman–Crippen MR) is 113 cm³/mol. The largest absolute Gasteiger partial charge is 0.489 e.